The molecule has 1 aliphatic rings. The largest absolute Gasteiger partial charge is 0.478 e. The van der Waals surface area contributed by atoms with E-state index in [9.17, 15) is 9.59 Å². The summed E-state index contributed by atoms with van der Waals surface area (Å²) >= 11 is 0. The van der Waals surface area contributed by atoms with Crippen molar-refractivity contribution in [1.82, 2.24) is 4.90 Å². The number of hydrogen-bond donors (Lipinski definition) is 2. The molecule has 5 nitrogen and oxygen atoms in total. The molecule has 0 radical (unpaired) electrons. The zero-order valence-electron chi connectivity index (χ0n) is 11.8. The second-order valence-electron chi connectivity index (χ2n) is 5.65. The van der Waals surface area contributed by atoms with E-state index < -0.39 is 5.97 Å². The third-order valence-corrected chi connectivity index (χ3v) is 3.79. The lowest BCUT2D eigenvalue weighted by molar-refractivity contribution is -0.132. The first-order chi connectivity index (χ1) is 9.38. The van der Waals surface area contributed by atoms with Gasteiger partial charge in [-0.2, -0.15) is 0 Å². The maximum atomic E-state index is 12.2. The number of carbonyl (C=O) groups excluding carboxylic acids is 1. The van der Waals surface area contributed by atoms with Crippen LogP contribution in [0, 0.1) is 5.92 Å². The highest BCUT2D eigenvalue weighted by Crippen LogP contribution is 2.25. The van der Waals surface area contributed by atoms with E-state index in [1.807, 2.05) is 13.8 Å². The fourth-order valence-electron chi connectivity index (χ4n) is 2.27. The van der Waals surface area contributed by atoms with Crippen molar-refractivity contribution in [3.8, 4) is 0 Å². The topological polar surface area (TPSA) is 83.6 Å². The summed E-state index contributed by atoms with van der Waals surface area (Å²) in [6.07, 6.45) is 0.331. The molecule has 5 heteroatoms. The zero-order chi connectivity index (χ0) is 14.9. The predicted octanol–water partition coefficient (Wildman–Crippen LogP) is 1.60. The molecule has 0 aliphatic carbocycles. The van der Waals surface area contributed by atoms with Gasteiger partial charge in [0.15, 0.2) is 0 Å². The molecule has 0 fully saturated rings. The number of nitrogens with two attached hydrogens (primary N) is 1. The van der Waals surface area contributed by atoms with Gasteiger partial charge in [0.05, 0.1) is 5.56 Å². The van der Waals surface area contributed by atoms with Gasteiger partial charge in [0.2, 0.25) is 5.91 Å². The molecule has 1 heterocycles. The molecule has 20 heavy (non-hydrogen) atoms. The van der Waals surface area contributed by atoms with Crippen molar-refractivity contribution in [2.45, 2.75) is 39.4 Å². The molecule has 1 aromatic carbocycles. The average molecular weight is 276 g/mol. The van der Waals surface area contributed by atoms with E-state index >= 15 is 0 Å². The molecule has 0 saturated heterocycles. The van der Waals surface area contributed by atoms with Crippen molar-refractivity contribution in [2.24, 2.45) is 11.7 Å². The molecule has 1 atom stereocenters. The van der Waals surface area contributed by atoms with Crippen molar-refractivity contribution in [3.05, 3.63) is 34.9 Å². The number of amides is 1. The first-order valence-electron chi connectivity index (χ1n) is 6.77. The Balaban J connectivity index is 2.05. The fraction of sp³-hybridized carbons (Fsp3) is 0.467. The molecule has 3 N–H and O–H groups in total. The quantitative estimate of drug-likeness (QED) is 0.875. The highest BCUT2D eigenvalue weighted by atomic mass is 16.4. The third-order valence-electron chi connectivity index (χ3n) is 3.79. The molecule has 108 valence electrons. The van der Waals surface area contributed by atoms with Gasteiger partial charge in [0, 0.05) is 25.6 Å². The number of carboxylic acid groups (broad SMARTS) is 1. The van der Waals surface area contributed by atoms with Gasteiger partial charge < -0.3 is 15.7 Å². The van der Waals surface area contributed by atoms with Crippen LogP contribution in [0.1, 0.15) is 41.8 Å². The second-order valence-corrected chi connectivity index (χ2v) is 5.65. The maximum absolute atomic E-state index is 12.2. The Kier molecular flexibility index (Phi) is 4.09. The number of aromatic carboxylic acids is 1. The molecular formula is C15H20N2O3. The van der Waals surface area contributed by atoms with Crippen molar-refractivity contribution in [3.63, 3.8) is 0 Å². The molecule has 2 rings (SSSR count). The van der Waals surface area contributed by atoms with Crippen LogP contribution in [0.3, 0.4) is 0 Å². The Bertz CT molecular complexity index is 540. The van der Waals surface area contributed by atoms with Gasteiger partial charge in [-0.3, -0.25) is 4.79 Å². The third kappa shape index (κ3) is 2.99. The van der Waals surface area contributed by atoms with E-state index in [4.69, 9.17) is 10.8 Å². The monoisotopic (exact) mass is 276 g/mol. The minimum atomic E-state index is -0.945. The molecular weight excluding hydrogens is 256 g/mol. The summed E-state index contributed by atoms with van der Waals surface area (Å²) in [6, 6.07) is 4.87. The Morgan fingerprint density at radius 3 is 2.55 bits per heavy atom. The molecule has 0 spiro atoms. The van der Waals surface area contributed by atoms with Gasteiger partial charge in [-0.05, 0) is 29.2 Å². The summed E-state index contributed by atoms with van der Waals surface area (Å²) in [6.45, 7) is 5.00. The predicted molar refractivity (Wildman–Crippen MR) is 75.1 cm³/mol. The van der Waals surface area contributed by atoms with Crippen molar-refractivity contribution in [2.75, 3.05) is 0 Å². The van der Waals surface area contributed by atoms with E-state index in [-0.39, 0.29) is 23.4 Å². The fourth-order valence-corrected chi connectivity index (χ4v) is 2.27. The van der Waals surface area contributed by atoms with E-state index in [2.05, 4.69) is 0 Å². The van der Waals surface area contributed by atoms with Gasteiger partial charge in [0.1, 0.15) is 0 Å². The van der Waals surface area contributed by atoms with E-state index in [0.29, 0.717) is 19.5 Å². The molecule has 1 aliphatic heterocycles. The lowest BCUT2D eigenvalue weighted by Crippen LogP contribution is -2.35. The van der Waals surface area contributed by atoms with Crippen LogP contribution in [0.4, 0.5) is 0 Å². The van der Waals surface area contributed by atoms with E-state index in [0.717, 1.165) is 11.1 Å². The van der Waals surface area contributed by atoms with Crippen LogP contribution in [0.15, 0.2) is 18.2 Å². The zero-order valence-corrected chi connectivity index (χ0v) is 11.8. The van der Waals surface area contributed by atoms with Gasteiger partial charge in [-0.1, -0.05) is 19.9 Å². The van der Waals surface area contributed by atoms with Crippen LogP contribution >= 0.6 is 0 Å². The Morgan fingerprint density at radius 1 is 1.30 bits per heavy atom. The van der Waals surface area contributed by atoms with Gasteiger partial charge >= 0.3 is 5.97 Å². The number of nitrogens with zero attached hydrogens (tertiary/aromatic N) is 1. The Labute approximate surface area is 118 Å². The number of benzene rings is 1. The molecule has 0 bridgehead atoms. The normalized spacial score (nSPS) is 15.3. The van der Waals surface area contributed by atoms with Crippen molar-refractivity contribution < 1.29 is 14.7 Å². The summed E-state index contributed by atoms with van der Waals surface area (Å²) in [4.78, 5) is 24.9. The summed E-state index contributed by atoms with van der Waals surface area (Å²) in [5.41, 5.74) is 8.12. The summed E-state index contributed by atoms with van der Waals surface area (Å²) < 4.78 is 0. The van der Waals surface area contributed by atoms with Crippen LogP contribution < -0.4 is 5.73 Å². The van der Waals surface area contributed by atoms with Crippen LogP contribution in [0.5, 0.6) is 0 Å². The second kappa shape index (κ2) is 5.63. The molecule has 0 aromatic heterocycles. The standard InChI is InChI=1S/C15H20N2O3/c1-9(2)13(16)6-14(18)17-7-11-4-3-10(15(19)20)5-12(11)8-17/h3-5,9,13H,6-8,16H2,1-2H3,(H,19,20). The minimum Gasteiger partial charge on any atom is -0.478 e. The average Bonchev–Trinajstić information content (AvgIpc) is 2.80. The lowest BCUT2D eigenvalue weighted by atomic mass is 10.0. The highest BCUT2D eigenvalue weighted by molar-refractivity contribution is 5.88. The van der Waals surface area contributed by atoms with Crippen LogP contribution in [0.2, 0.25) is 0 Å². The van der Waals surface area contributed by atoms with Gasteiger partial charge in [-0.25, -0.2) is 4.79 Å². The Morgan fingerprint density at radius 2 is 1.95 bits per heavy atom. The first-order valence-corrected chi connectivity index (χ1v) is 6.77. The number of fused-ring (bicyclic) bond motifs is 1. The smallest absolute Gasteiger partial charge is 0.335 e. The summed E-state index contributed by atoms with van der Waals surface area (Å²) in [7, 11) is 0. The molecule has 1 unspecified atom stereocenters. The number of carboxylic acids is 1. The van der Waals surface area contributed by atoms with Gasteiger partial charge in [0.25, 0.3) is 0 Å². The number of rotatable bonds is 4. The molecule has 1 aromatic rings. The maximum Gasteiger partial charge on any atom is 0.335 e. The lowest BCUT2D eigenvalue weighted by Gasteiger charge is -2.20. The van der Waals surface area contributed by atoms with Crippen LogP contribution in [0.25, 0.3) is 0 Å². The van der Waals surface area contributed by atoms with E-state index in [1.165, 1.54) is 0 Å². The molecule has 1 amide bonds. The first kappa shape index (κ1) is 14.5. The highest BCUT2D eigenvalue weighted by Gasteiger charge is 2.25. The summed E-state index contributed by atoms with van der Waals surface area (Å²) in [5.74, 6) is -0.652. The summed E-state index contributed by atoms with van der Waals surface area (Å²) in [5, 5.41) is 8.97. The van der Waals surface area contributed by atoms with Gasteiger partial charge in [-0.15, -0.1) is 0 Å². The number of carbonyl (C=O) groups is 2. The molecule has 0 saturated carbocycles. The van der Waals surface area contributed by atoms with Crippen LogP contribution in [-0.4, -0.2) is 27.9 Å². The van der Waals surface area contributed by atoms with Crippen molar-refractivity contribution >= 4 is 11.9 Å². The van der Waals surface area contributed by atoms with Crippen molar-refractivity contribution in [1.29, 1.82) is 0 Å². The minimum absolute atomic E-state index is 0.0271. The Hall–Kier alpha value is -1.88. The number of hydrogen-bond acceptors (Lipinski definition) is 3. The van der Waals surface area contributed by atoms with Crippen LogP contribution in [-0.2, 0) is 17.9 Å². The van der Waals surface area contributed by atoms with E-state index in [1.54, 1.807) is 23.1 Å². The SMILES string of the molecule is CC(C)C(N)CC(=O)N1Cc2ccc(C(=O)O)cc2C1.